The number of anilines is 1. The maximum atomic E-state index is 10.00. The van der Waals surface area contributed by atoms with Crippen LogP contribution in [0.5, 0.6) is 5.75 Å². The van der Waals surface area contributed by atoms with Gasteiger partial charge in [-0.15, -0.1) is 0 Å². The molecule has 2 saturated heterocycles. The minimum Gasteiger partial charge on any atom is -0.494 e. The highest BCUT2D eigenvalue weighted by atomic mass is 16.5. The van der Waals surface area contributed by atoms with Crippen molar-refractivity contribution in [3.63, 3.8) is 0 Å². The molecule has 6 rings (SSSR count). The van der Waals surface area contributed by atoms with Gasteiger partial charge in [-0.1, -0.05) is 18.2 Å². The Morgan fingerprint density at radius 2 is 1.97 bits per heavy atom. The van der Waals surface area contributed by atoms with Crippen LogP contribution >= 0.6 is 0 Å². The Bertz CT molecular complexity index is 1380. The predicted molar refractivity (Wildman–Crippen MR) is 137 cm³/mol. The van der Waals surface area contributed by atoms with Gasteiger partial charge in [0, 0.05) is 55.6 Å². The van der Waals surface area contributed by atoms with Crippen molar-refractivity contribution in [1.29, 1.82) is 0 Å². The van der Waals surface area contributed by atoms with Crippen LogP contribution in [0.4, 0.5) is 5.82 Å². The minimum absolute atomic E-state index is 0.206. The summed E-state index contributed by atoms with van der Waals surface area (Å²) in [5, 5.41) is 17.7. The van der Waals surface area contributed by atoms with Gasteiger partial charge in [-0.25, -0.2) is 9.97 Å². The molecule has 1 aromatic carbocycles. The van der Waals surface area contributed by atoms with Crippen molar-refractivity contribution in [2.24, 2.45) is 0 Å². The Labute approximate surface area is 204 Å². The van der Waals surface area contributed by atoms with Gasteiger partial charge in [0.25, 0.3) is 0 Å². The lowest BCUT2D eigenvalue weighted by molar-refractivity contribution is 0.173. The van der Waals surface area contributed by atoms with Crippen molar-refractivity contribution in [1.82, 2.24) is 25.1 Å². The summed E-state index contributed by atoms with van der Waals surface area (Å²) < 4.78 is 5.69. The number of methoxy groups -OCH3 is 1. The molecule has 0 bridgehead atoms. The Hall–Kier alpha value is -3.49. The molecule has 8 heteroatoms. The number of fused-ring (bicyclic) bond motifs is 2. The first-order valence-electron chi connectivity index (χ1n) is 12.1. The molecule has 2 aliphatic rings. The SMILES string of the molecule is COc1cc2[nH]nc(-c3ccc(N4CCN5C[C@@H](O)C[C@@H]5C4)nc3)c2nc1-c1cccc(C)c1C. The zero-order valence-electron chi connectivity index (χ0n) is 20.3. The average Bonchev–Trinajstić information content (AvgIpc) is 3.46. The van der Waals surface area contributed by atoms with E-state index in [2.05, 4.69) is 58.1 Å². The Kier molecular flexibility index (Phi) is 5.42. The van der Waals surface area contributed by atoms with Crippen molar-refractivity contribution >= 4 is 16.9 Å². The van der Waals surface area contributed by atoms with Gasteiger partial charge in [-0.3, -0.25) is 10.00 Å². The van der Waals surface area contributed by atoms with Crippen molar-refractivity contribution < 1.29 is 9.84 Å². The molecule has 5 heterocycles. The number of rotatable bonds is 4. The molecule has 35 heavy (non-hydrogen) atoms. The maximum Gasteiger partial charge on any atom is 0.147 e. The molecule has 0 radical (unpaired) electrons. The largest absolute Gasteiger partial charge is 0.494 e. The zero-order valence-corrected chi connectivity index (χ0v) is 20.3. The molecule has 0 unspecified atom stereocenters. The number of nitrogens with zero attached hydrogens (tertiary/aromatic N) is 5. The second-order valence-electron chi connectivity index (χ2n) is 9.64. The van der Waals surface area contributed by atoms with Crippen molar-refractivity contribution in [3.05, 3.63) is 53.7 Å². The van der Waals surface area contributed by atoms with Crippen LogP contribution in [0, 0.1) is 13.8 Å². The Balaban J connectivity index is 1.33. The highest BCUT2D eigenvalue weighted by molar-refractivity contribution is 5.93. The van der Waals surface area contributed by atoms with Crippen LogP contribution in [0.3, 0.4) is 0 Å². The number of aryl methyl sites for hydroxylation is 1. The van der Waals surface area contributed by atoms with Crippen molar-refractivity contribution in [3.8, 4) is 28.3 Å². The number of aromatic amines is 1. The third-order valence-corrected chi connectivity index (χ3v) is 7.52. The van der Waals surface area contributed by atoms with E-state index < -0.39 is 0 Å². The van der Waals surface area contributed by atoms with Gasteiger partial charge in [0.1, 0.15) is 28.5 Å². The van der Waals surface area contributed by atoms with Gasteiger partial charge < -0.3 is 14.7 Å². The van der Waals surface area contributed by atoms with E-state index >= 15 is 0 Å². The number of aliphatic hydroxyl groups is 1. The number of aliphatic hydroxyl groups excluding tert-OH is 1. The normalized spacial score (nSPS) is 20.4. The van der Waals surface area contributed by atoms with Gasteiger partial charge in [0.15, 0.2) is 0 Å². The van der Waals surface area contributed by atoms with Gasteiger partial charge in [-0.05, 0) is 43.5 Å². The van der Waals surface area contributed by atoms with Gasteiger partial charge in [0.2, 0.25) is 0 Å². The topological polar surface area (TPSA) is 90.4 Å². The third-order valence-electron chi connectivity index (χ3n) is 7.52. The molecule has 0 saturated carbocycles. The first kappa shape index (κ1) is 22.0. The number of aromatic nitrogens is 4. The summed E-state index contributed by atoms with van der Waals surface area (Å²) >= 11 is 0. The monoisotopic (exact) mass is 470 g/mol. The summed E-state index contributed by atoms with van der Waals surface area (Å²) in [7, 11) is 1.67. The van der Waals surface area contributed by atoms with Crippen LogP contribution in [0.15, 0.2) is 42.6 Å². The molecule has 2 atom stereocenters. The van der Waals surface area contributed by atoms with Crippen LogP contribution < -0.4 is 9.64 Å². The number of ether oxygens (including phenoxy) is 1. The fourth-order valence-corrected chi connectivity index (χ4v) is 5.42. The molecular formula is C27H30N6O2. The van der Waals surface area contributed by atoms with Crippen LogP contribution in [0.25, 0.3) is 33.5 Å². The number of benzene rings is 1. The molecule has 3 aromatic heterocycles. The lowest BCUT2D eigenvalue weighted by atomic mass is 9.99. The second-order valence-corrected chi connectivity index (χ2v) is 9.64. The van der Waals surface area contributed by atoms with Gasteiger partial charge in [-0.2, -0.15) is 5.10 Å². The summed E-state index contributed by atoms with van der Waals surface area (Å²) in [5.41, 5.74) is 7.58. The maximum absolute atomic E-state index is 10.00. The first-order chi connectivity index (χ1) is 17.0. The summed E-state index contributed by atoms with van der Waals surface area (Å²) in [6, 6.07) is 12.7. The smallest absolute Gasteiger partial charge is 0.147 e. The van der Waals surface area contributed by atoms with E-state index in [0.717, 1.165) is 72.0 Å². The molecular weight excluding hydrogens is 440 g/mol. The number of piperazine rings is 1. The number of hydrogen-bond acceptors (Lipinski definition) is 7. The average molecular weight is 471 g/mol. The van der Waals surface area contributed by atoms with E-state index in [1.807, 2.05) is 18.3 Å². The van der Waals surface area contributed by atoms with Crippen LogP contribution in [0.1, 0.15) is 17.5 Å². The van der Waals surface area contributed by atoms with Crippen LogP contribution in [-0.2, 0) is 0 Å². The summed E-state index contributed by atoms with van der Waals surface area (Å²) in [6.07, 6.45) is 2.51. The Morgan fingerprint density at radius 3 is 2.77 bits per heavy atom. The van der Waals surface area contributed by atoms with Crippen molar-refractivity contribution in [2.45, 2.75) is 32.4 Å². The standard InChI is InChI=1S/C27H30N6O2/c1-16-5-4-6-21(17(16)2)26-23(35-3)12-22-27(29-26)25(31-30-22)18-7-8-24(28-13-18)33-10-9-32-15-20(34)11-19(32)14-33/h4-8,12-13,19-20,34H,9-11,14-15H2,1-3H3,(H,30,31)/t19-,20+/m1/s1. The van der Waals surface area contributed by atoms with E-state index in [9.17, 15) is 5.11 Å². The summed E-state index contributed by atoms with van der Waals surface area (Å²) in [6.45, 7) is 7.79. The van der Waals surface area contributed by atoms with Crippen LogP contribution in [-0.4, -0.2) is 75.6 Å². The second kappa shape index (κ2) is 8.62. The fraction of sp³-hybridized carbons (Fsp3) is 0.370. The minimum atomic E-state index is -0.206. The lowest BCUT2D eigenvalue weighted by Gasteiger charge is -2.37. The molecule has 2 fully saturated rings. The van der Waals surface area contributed by atoms with Crippen molar-refractivity contribution in [2.75, 3.05) is 38.2 Å². The molecule has 0 spiro atoms. The van der Waals surface area contributed by atoms with Gasteiger partial charge in [0.05, 0.1) is 18.7 Å². The number of nitrogens with one attached hydrogen (secondary N) is 1. The molecule has 2 N–H and O–H groups in total. The lowest BCUT2D eigenvalue weighted by Crippen LogP contribution is -2.50. The van der Waals surface area contributed by atoms with E-state index in [1.54, 1.807) is 7.11 Å². The third kappa shape index (κ3) is 3.83. The molecule has 0 amide bonds. The summed E-state index contributed by atoms with van der Waals surface area (Å²) in [5.74, 6) is 1.67. The predicted octanol–water partition coefficient (Wildman–Crippen LogP) is 3.57. The highest BCUT2D eigenvalue weighted by Gasteiger charge is 2.35. The molecule has 0 aliphatic carbocycles. The van der Waals surface area contributed by atoms with E-state index in [0.29, 0.717) is 11.8 Å². The molecule has 4 aromatic rings. The fourth-order valence-electron chi connectivity index (χ4n) is 5.42. The molecule has 180 valence electrons. The number of pyridine rings is 2. The molecule has 8 nitrogen and oxygen atoms in total. The van der Waals surface area contributed by atoms with E-state index in [1.165, 1.54) is 11.1 Å². The van der Waals surface area contributed by atoms with E-state index in [-0.39, 0.29) is 6.10 Å². The number of hydrogen-bond donors (Lipinski definition) is 2. The molecule has 2 aliphatic heterocycles. The number of H-pyrrole nitrogens is 1. The van der Waals surface area contributed by atoms with E-state index in [4.69, 9.17) is 14.7 Å². The summed E-state index contributed by atoms with van der Waals surface area (Å²) in [4.78, 5) is 14.5. The quantitative estimate of drug-likeness (QED) is 0.471. The Morgan fingerprint density at radius 1 is 1.09 bits per heavy atom. The highest BCUT2D eigenvalue weighted by Crippen LogP contribution is 2.36. The zero-order chi connectivity index (χ0) is 24.1. The first-order valence-corrected chi connectivity index (χ1v) is 12.1. The van der Waals surface area contributed by atoms with Crippen LogP contribution in [0.2, 0.25) is 0 Å². The van der Waals surface area contributed by atoms with Gasteiger partial charge >= 0.3 is 0 Å².